The van der Waals surface area contributed by atoms with E-state index < -0.39 is 76.7 Å². The third kappa shape index (κ3) is 9.64. The zero-order valence-electron chi connectivity index (χ0n) is 29.3. The lowest BCUT2D eigenvalue weighted by molar-refractivity contribution is -0.139. The average molecular weight is 775 g/mol. The molecule has 14 nitrogen and oxygen atoms in total. The number of nitrogens with zero attached hydrogens (tertiary/aromatic N) is 4. The molecule has 6 aromatic rings. The van der Waals surface area contributed by atoms with E-state index in [0.717, 1.165) is 17.7 Å². The van der Waals surface area contributed by atoms with Crippen LogP contribution < -0.4 is 10.6 Å². The number of rotatable bonds is 12. The maximum absolute atomic E-state index is 13.9. The van der Waals surface area contributed by atoms with E-state index in [2.05, 4.69) is 30.9 Å². The number of aromatic nitrogens is 4. The highest BCUT2D eigenvalue weighted by molar-refractivity contribution is 5.92. The van der Waals surface area contributed by atoms with Gasteiger partial charge in [-0.3, -0.25) is 19.2 Å². The van der Waals surface area contributed by atoms with Gasteiger partial charge in [0.25, 0.3) is 35.2 Å². The molecule has 0 spiro atoms. The molecule has 56 heavy (non-hydrogen) atoms. The van der Waals surface area contributed by atoms with Crippen LogP contribution in [0, 0.1) is 30.2 Å². The van der Waals surface area contributed by atoms with Crippen molar-refractivity contribution in [1.82, 2.24) is 30.9 Å². The molecule has 18 heteroatoms. The lowest BCUT2D eigenvalue weighted by atomic mass is 9.88. The minimum atomic E-state index is -1.25. The first kappa shape index (κ1) is 40.0. The maximum Gasteiger partial charge on any atom is 0.306 e. The van der Waals surface area contributed by atoms with Gasteiger partial charge in [0.2, 0.25) is 0 Å². The number of benzene rings is 4. The summed E-state index contributed by atoms with van der Waals surface area (Å²) in [4.78, 5) is 55.0. The molecule has 4 aromatic carbocycles. The Labute approximate surface area is 314 Å². The summed E-state index contributed by atoms with van der Waals surface area (Å²) in [5, 5.41) is 30.4. The van der Waals surface area contributed by atoms with Gasteiger partial charge in [0, 0.05) is 0 Å². The van der Waals surface area contributed by atoms with E-state index in [0.29, 0.717) is 11.1 Å². The van der Waals surface area contributed by atoms with Crippen molar-refractivity contribution in [3.63, 3.8) is 0 Å². The molecule has 0 unspecified atom stereocenters. The van der Waals surface area contributed by atoms with Crippen LogP contribution in [0.1, 0.15) is 63.7 Å². The number of aryl methyl sites for hydroxylation is 1. The molecule has 4 N–H and O–H groups in total. The summed E-state index contributed by atoms with van der Waals surface area (Å²) in [5.74, 6) is -10.0. The number of carboxylic acids is 2. The average Bonchev–Trinajstić information content (AvgIpc) is 3.85. The Kier molecular flexibility index (Phi) is 12.3. The Bertz CT molecular complexity index is 2390. The van der Waals surface area contributed by atoms with Crippen molar-refractivity contribution in [2.75, 3.05) is 0 Å². The zero-order chi connectivity index (χ0) is 40.6. The van der Waals surface area contributed by atoms with E-state index in [1.807, 2.05) is 13.0 Å². The largest absolute Gasteiger partial charge is 0.481 e. The van der Waals surface area contributed by atoms with Gasteiger partial charge in [0.1, 0.15) is 0 Å². The van der Waals surface area contributed by atoms with Gasteiger partial charge < -0.3 is 29.9 Å². The van der Waals surface area contributed by atoms with Gasteiger partial charge in [-0.1, -0.05) is 82.6 Å². The van der Waals surface area contributed by atoms with E-state index in [9.17, 15) is 41.8 Å². The summed E-state index contributed by atoms with van der Waals surface area (Å²) in [6.07, 6.45) is -0.760. The third-order valence-electron chi connectivity index (χ3n) is 8.06. The molecule has 0 aliphatic heterocycles. The van der Waals surface area contributed by atoms with Crippen molar-refractivity contribution in [2.24, 2.45) is 0 Å². The predicted molar refractivity (Wildman–Crippen MR) is 186 cm³/mol. The van der Waals surface area contributed by atoms with Crippen molar-refractivity contribution >= 4 is 23.8 Å². The summed E-state index contributed by atoms with van der Waals surface area (Å²) in [7, 11) is 0. The van der Waals surface area contributed by atoms with Gasteiger partial charge in [-0.15, -0.1) is 0 Å². The first-order valence-electron chi connectivity index (χ1n) is 16.4. The van der Waals surface area contributed by atoms with Gasteiger partial charge in [-0.2, -0.15) is 9.97 Å². The molecule has 0 radical (unpaired) electrons. The Morgan fingerprint density at radius 2 is 1.25 bits per heavy atom. The zero-order valence-corrected chi connectivity index (χ0v) is 29.3. The van der Waals surface area contributed by atoms with Crippen LogP contribution in [-0.2, 0) is 15.1 Å². The fraction of sp³-hybridized carbons (Fsp3) is 0.158. The molecule has 288 valence electrons. The van der Waals surface area contributed by atoms with Crippen molar-refractivity contribution in [3.05, 3.63) is 143 Å². The van der Waals surface area contributed by atoms with Crippen molar-refractivity contribution in [1.29, 1.82) is 0 Å². The Morgan fingerprint density at radius 1 is 0.714 bits per heavy atom. The standard InChI is InChI=1S/2C19H15F2N3O4/c1-10-4-2-5-11(8-10)14(9-15(25)26)22-18(27)17-23-19(28-24-17)12-6-3-7-13(20)16(12)21;1-19(10-14(25)26,11-6-3-2-4-7-11)23-17(27)16-22-18(28-24-16)12-8-5-9-13(20)15(12)21/h2-8,14H,9H2,1H3,(H,22,27)(H,25,26);2-9H,10H2,1H3,(H,23,27)(H,25,26)/t14-;19-/m00/s1. The van der Waals surface area contributed by atoms with Gasteiger partial charge >= 0.3 is 11.9 Å². The third-order valence-corrected chi connectivity index (χ3v) is 8.06. The summed E-state index contributed by atoms with van der Waals surface area (Å²) in [6, 6.07) is 21.5. The minimum absolute atomic E-state index is 0.285. The van der Waals surface area contributed by atoms with Gasteiger partial charge in [-0.05, 0) is 49.2 Å². The molecular weight excluding hydrogens is 744 g/mol. The summed E-state index contributed by atoms with van der Waals surface area (Å²) < 4.78 is 64.1. The van der Waals surface area contributed by atoms with E-state index >= 15 is 0 Å². The molecule has 0 bridgehead atoms. The molecule has 0 fully saturated rings. The SMILES string of the molecule is C[C@@](CC(=O)O)(NC(=O)c1noc(-c2cccc(F)c2F)n1)c1ccccc1.Cc1cccc([C@H](CC(=O)O)NC(=O)c2noc(-c3cccc(F)c3F)n2)c1. The Balaban J connectivity index is 0.000000214. The number of aliphatic carboxylic acids is 2. The number of carboxylic acid groups (broad SMARTS) is 2. The molecule has 6 rings (SSSR count). The highest BCUT2D eigenvalue weighted by Gasteiger charge is 2.33. The van der Waals surface area contributed by atoms with Crippen LogP contribution in [0.5, 0.6) is 0 Å². The lowest BCUT2D eigenvalue weighted by Crippen LogP contribution is -2.45. The Hall–Kier alpha value is -7.24. The molecule has 2 heterocycles. The van der Waals surface area contributed by atoms with Crippen molar-refractivity contribution in [2.45, 2.75) is 38.3 Å². The Morgan fingerprint density at radius 3 is 1.77 bits per heavy atom. The topological polar surface area (TPSA) is 211 Å². The summed E-state index contributed by atoms with van der Waals surface area (Å²) in [6.45, 7) is 3.38. The predicted octanol–water partition coefficient (Wildman–Crippen LogP) is 6.40. The van der Waals surface area contributed by atoms with Crippen LogP contribution >= 0.6 is 0 Å². The summed E-state index contributed by atoms with van der Waals surface area (Å²) in [5.41, 5.74) is 0.219. The van der Waals surface area contributed by atoms with Gasteiger partial charge in [0.05, 0.1) is 35.5 Å². The van der Waals surface area contributed by atoms with E-state index in [1.54, 1.807) is 55.5 Å². The highest BCUT2D eigenvalue weighted by atomic mass is 19.2. The molecule has 0 saturated carbocycles. The van der Waals surface area contributed by atoms with Gasteiger partial charge in [-0.25, -0.2) is 17.6 Å². The summed E-state index contributed by atoms with van der Waals surface area (Å²) >= 11 is 0. The second kappa shape index (κ2) is 17.3. The molecule has 0 saturated heterocycles. The molecule has 2 atom stereocenters. The number of carbonyl (C=O) groups is 4. The molecular formula is C38H30F4N6O8. The monoisotopic (exact) mass is 774 g/mol. The molecule has 0 aliphatic carbocycles. The number of halogens is 4. The van der Waals surface area contributed by atoms with E-state index in [1.165, 1.54) is 24.3 Å². The normalized spacial score (nSPS) is 12.4. The van der Waals surface area contributed by atoms with Crippen LogP contribution in [-0.4, -0.2) is 54.2 Å². The second-order valence-corrected chi connectivity index (χ2v) is 12.3. The van der Waals surface area contributed by atoms with Crippen LogP contribution in [0.25, 0.3) is 22.9 Å². The fourth-order valence-electron chi connectivity index (χ4n) is 5.36. The fourth-order valence-corrected chi connectivity index (χ4v) is 5.36. The minimum Gasteiger partial charge on any atom is -0.481 e. The number of amides is 2. The lowest BCUT2D eigenvalue weighted by Gasteiger charge is -2.29. The van der Waals surface area contributed by atoms with E-state index in [-0.39, 0.29) is 29.3 Å². The van der Waals surface area contributed by atoms with Crippen molar-refractivity contribution < 1.29 is 56.0 Å². The maximum atomic E-state index is 13.9. The smallest absolute Gasteiger partial charge is 0.306 e. The van der Waals surface area contributed by atoms with Crippen LogP contribution in [0.15, 0.2) is 100 Å². The van der Waals surface area contributed by atoms with Crippen LogP contribution in [0.3, 0.4) is 0 Å². The number of hydrogen-bond acceptors (Lipinski definition) is 10. The molecule has 2 aromatic heterocycles. The van der Waals surface area contributed by atoms with Crippen molar-refractivity contribution in [3.8, 4) is 22.9 Å². The molecule has 2 amide bonds. The number of hydrogen-bond donors (Lipinski definition) is 4. The van der Waals surface area contributed by atoms with Crippen LogP contribution in [0.2, 0.25) is 0 Å². The van der Waals surface area contributed by atoms with Gasteiger partial charge in [0.15, 0.2) is 23.3 Å². The second-order valence-electron chi connectivity index (χ2n) is 12.3. The quantitative estimate of drug-likeness (QED) is 0.0995. The van der Waals surface area contributed by atoms with E-state index in [4.69, 9.17) is 14.2 Å². The first-order chi connectivity index (χ1) is 26.6. The number of carbonyl (C=O) groups excluding carboxylic acids is 2. The highest BCUT2D eigenvalue weighted by Crippen LogP contribution is 2.27. The molecule has 0 aliphatic rings. The first-order valence-corrected chi connectivity index (χ1v) is 16.4. The number of nitrogens with one attached hydrogen (secondary N) is 2. The van der Waals surface area contributed by atoms with Crippen LogP contribution in [0.4, 0.5) is 17.6 Å².